The van der Waals surface area contributed by atoms with Gasteiger partial charge in [0, 0.05) is 25.5 Å². The smallest absolute Gasteiger partial charge is 0.147 e. The van der Waals surface area contributed by atoms with Crippen molar-refractivity contribution in [3.8, 4) is 12.3 Å². The molecule has 1 saturated heterocycles. The molecular formula is C13H14N4O. The van der Waals surface area contributed by atoms with Crippen LogP contribution in [0.2, 0.25) is 0 Å². The zero-order valence-electron chi connectivity index (χ0n) is 9.97. The second-order valence-corrected chi connectivity index (χ2v) is 4.40. The van der Waals surface area contributed by atoms with Gasteiger partial charge in [-0.3, -0.25) is 0 Å². The van der Waals surface area contributed by atoms with Crippen LogP contribution in [0.15, 0.2) is 12.5 Å². The molecule has 1 aliphatic rings. The monoisotopic (exact) mass is 242 g/mol. The van der Waals surface area contributed by atoms with Crippen LogP contribution in [-0.4, -0.2) is 27.7 Å². The highest BCUT2D eigenvalue weighted by molar-refractivity contribution is 5.92. The van der Waals surface area contributed by atoms with Crippen molar-refractivity contribution in [2.24, 2.45) is 0 Å². The summed E-state index contributed by atoms with van der Waals surface area (Å²) in [5.74, 6) is 3.10. The van der Waals surface area contributed by atoms with Gasteiger partial charge in [0.15, 0.2) is 0 Å². The number of anilines is 1. The zero-order chi connectivity index (χ0) is 12.5. The number of rotatable bonds is 1. The summed E-state index contributed by atoms with van der Waals surface area (Å²) in [5, 5.41) is 0.784. The van der Waals surface area contributed by atoms with Crippen LogP contribution in [0.3, 0.4) is 0 Å². The molecule has 0 atom stereocenters. The molecule has 2 aromatic rings. The normalized spacial score (nSPS) is 16.8. The summed E-state index contributed by atoms with van der Waals surface area (Å²) in [4.78, 5) is 8.33. The van der Waals surface area contributed by atoms with Gasteiger partial charge in [-0.15, -0.1) is 6.42 Å². The molecule has 0 radical (unpaired) electrons. The number of nitrogens with zero attached hydrogens (tertiary/aromatic N) is 3. The predicted octanol–water partition coefficient (Wildman–Crippen LogP) is 1.35. The molecule has 0 aliphatic carbocycles. The minimum atomic E-state index is 0.373. The highest BCUT2D eigenvalue weighted by Gasteiger charge is 2.20. The molecule has 5 nitrogen and oxygen atoms in total. The Bertz CT molecular complexity index is 620. The maximum Gasteiger partial charge on any atom is 0.147 e. The highest BCUT2D eigenvalue weighted by Crippen LogP contribution is 2.29. The maximum absolute atomic E-state index is 5.89. The molecule has 18 heavy (non-hydrogen) atoms. The van der Waals surface area contributed by atoms with Gasteiger partial charge >= 0.3 is 0 Å². The Morgan fingerprint density at radius 1 is 1.39 bits per heavy atom. The largest absolute Gasteiger partial charge is 0.383 e. The molecule has 0 aromatic carbocycles. The molecule has 92 valence electrons. The molecule has 1 aliphatic heterocycles. The van der Waals surface area contributed by atoms with E-state index in [1.54, 1.807) is 0 Å². The van der Waals surface area contributed by atoms with E-state index in [0.717, 1.165) is 42.7 Å². The fourth-order valence-corrected chi connectivity index (χ4v) is 2.46. The van der Waals surface area contributed by atoms with E-state index >= 15 is 0 Å². The Morgan fingerprint density at radius 3 is 2.89 bits per heavy atom. The predicted molar refractivity (Wildman–Crippen MR) is 69.0 cm³/mol. The van der Waals surface area contributed by atoms with E-state index in [-0.39, 0.29) is 0 Å². The van der Waals surface area contributed by atoms with Gasteiger partial charge in [-0.05, 0) is 12.8 Å². The van der Waals surface area contributed by atoms with Gasteiger partial charge in [0.25, 0.3) is 0 Å². The van der Waals surface area contributed by atoms with Crippen molar-refractivity contribution in [3.63, 3.8) is 0 Å². The highest BCUT2D eigenvalue weighted by atomic mass is 16.5. The minimum absolute atomic E-state index is 0.373. The number of hydrogen-bond acceptors (Lipinski definition) is 4. The van der Waals surface area contributed by atoms with Crippen LogP contribution >= 0.6 is 0 Å². The summed E-state index contributed by atoms with van der Waals surface area (Å²) in [6.07, 6.45) is 10.9. The summed E-state index contributed by atoms with van der Waals surface area (Å²) < 4.78 is 7.50. The van der Waals surface area contributed by atoms with Gasteiger partial charge in [0.2, 0.25) is 0 Å². The van der Waals surface area contributed by atoms with Crippen molar-refractivity contribution in [1.82, 2.24) is 14.5 Å². The zero-order valence-corrected chi connectivity index (χ0v) is 9.97. The lowest BCUT2D eigenvalue weighted by Gasteiger charge is -2.23. The van der Waals surface area contributed by atoms with E-state index in [2.05, 4.69) is 20.5 Å². The van der Waals surface area contributed by atoms with E-state index in [4.69, 9.17) is 16.9 Å². The van der Waals surface area contributed by atoms with Gasteiger partial charge in [-0.25, -0.2) is 9.97 Å². The van der Waals surface area contributed by atoms with Gasteiger partial charge in [-0.2, -0.15) is 0 Å². The lowest BCUT2D eigenvalue weighted by atomic mass is 10.1. The lowest BCUT2D eigenvalue weighted by molar-refractivity contribution is 0.0706. The number of hydrogen-bond donors (Lipinski definition) is 1. The van der Waals surface area contributed by atoms with E-state index in [1.807, 2.05) is 6.20 Å². The van der Waals surface area contributed by atoms with Crippen molar-refractivity contribution in [1.29, 1.82) is 0 Å². The number of nitrogens with two attached hydrogens (primary N) is 1. The fourth-order valence-electron chi connectivity index (χ4n) is 2.46. The van der Waals surface area contributed by atoms with Gasteiger partial charge < -0.3 is 15.0 Å². The molecule has 0 spiro atoms. The van der Waals surface area contributed by atoms with Gasteiger partial charge in [0.05, 0.1) is 10.9 Å². The Morgan fingerprint density at radius 2 is 2.17 bits per heavy atom. The summed E-state index contributed by atoms with van der Waals surface area (Å²) in [7, 11) is 0. The molecular weight excluding hydrogens is 228 g/mol. The topological polar surface area (TPSA) is 66.0 Å². The molecule has 3 heterocycles. The van der Waals surface area contributed by atoms with Crippen molar-refractivity contribution in [2.45, 2.75) is 18.9 Å². The average Bonchev–Trinajstić information content (AvgIpc) is 2.80. The average molecular weight is 242 g/mol. The van der Waals surface area contributed by atoms with Gasteiger partial charge in [-0.1, -0.05) is 5.92 Å². The summed E-state index contributed by atoms with van der Waals surface area (Å²) in [6, 6.07) is 0.373. The van der Waals surface area contributed by atoms with Crippen LogP contribution in [0.4, 0.5) is 5.82 Å². The molecule has 2 aromatic heterocycles. The van der Waals surface area contributed by atoms with Crippen LogP contribution in [0.5, 0.6) is 0 Å². The standard InChI is InChI=1S/C13H14N4O/c1-2-9-7-17(10-3-5-18-6-4-10)13-11(9)12(14)15-8-16-13/h1,7-8,10H,3-6H2,(H2,14,15,16). The van der Waals surface area contributed by atoms with Crippen molar-refractivity contribution < 1.29 is 4.74 Å². The first-order chi connectivity index (χ1) is 8.81. The summed E-state index contributed by atoms with van der Waals surface area (Å²) >= 11 is 0. The Labute approximate surface area is 105 Å². The fraction of sp³-hybridized carbons (Fsp3) is 0.385. The van der Waals surface area contributed by atoms with Crippen LogP contribution in [-0.2, 0) is 4.74 Å². The lowest BCUT2D eigenvalue weighted by Crippen LogP contribution is -2.19. The summed E-state index contributed by atoms with van der Waals surface area (Å²) in [5.41, 5.74) is 7.47. The number of aromatic nitrogens is 3. The van der Waals surface area contributed by atoms with Crippen molar-refractivity contribution in [2.75, 3.05) is 18.9 Å². The van der Waals surface area contributed by atoms with Crippen LogP contribution in [0, 0.1) is 12.3 Å². The second-order valence-electron chi connectivity index (χ2n) is 4.40. The first kappa shape index (κ1) is 11.1. The Balaban J connectivity index is 2.18. The van der Waals surface area contributed by atoms with Crippen molar-refractivity contribution >= 4 is 16.9 Å². The second kappa shape index (κ2) is 4.31. The first-order valence-corrected chi connectivity index (χ1v) is 5.96. The molecule has 5 heteroatoms. The number of nitrogen functional groups attached to an aromatic ring is 1. The molecule has 2 N–H and O–H groups in total. The van der Waals surface area contributed by atoms with Gasteiger partial charge in [0.1, 0.15) is 17.8 Å². The van der Waals surface area contributed by atoms with Crippen molar-refractivity contribution in [3.05, 3.63) is 18.1 Å². The molecule has 0 saturated carbocycles. The number of terminal acetylenes is 1. The quantitative estimate of drug-likeness (QED) is 0.766. The van der Waals surface area contributed by atoms with E-state index in [0.29, 0.717) is 11.9 Å². The van der Waals surface area contributed by atoms with E-state index in [9.17, 15) is 0 Å². The first-order valence-electron chi connectivity index (χ1n) is 5.96. The Kier molecular flexibility index (Phi) is 2.65. The molecule has 0 bridgehead atoms. The maximum atomic E-state index is 5.89. The van der Waals surface area contributed by atoms with E-state index in [1.165, 1.54) is 6.33 Å². The van der Waals surface area contributed by atoms with Crippen LogP contribution < -0.4 is 5.73 Å². The summed E-state index contributed by atoms with van der Waals surface area (Å²) in [6.45, 7) is 1.55. The Hall–Kier alpha value is -2.06. The number of fused-ring (bicyclic) bond motifs is 1. The third kappa shape index (κ3) is 1.62. The molecule has 0 amide bonds. The SMILES string of the molecule is C#Cc1cn(C2CCOCC2)c2ncnc(N)c12. The van der Waals surface area contributed by atoms with E-state index < -0.39 is 0 Å². The molecule has 1 fully saturated rings. The molecule has 3 rings (SSSR count). The van der Waals surface area contributed by atoms with Crippen LogP contribution in [0.1, 0.15) is 24.4 Å². The third-order valence-electron chi connectivity index (χ3n) is 3.38. The third-order valence-corrected chi connectivity index (χ3v) is 3.38. The van der Waals surface area contributed by atoms with Crippen LogP contribution in [0.25, 0.3) is 11.0 Å². The number of ether oxygens (including phenoxy) is 1. The molecule has 0 unspecified atom stereocenters. The minimum Gasteiger partial charge on any atom is -0.383 e.